The van der Waals surface area contributed by atoms with Crippen LogP contribution >= 0.6 is 11.3 Å². The van der Waals surface area contributed by atoms with Gasteiger partial charge >= 0.3 is 0 Å². The third kappa shape index (κ3) is 3.14. The number of nitrogens with one attached hydrogen (secondary N) is 1. The number of benzene rings is 2. The van der Waals surface area contributed by atoms with E-state index in [0.717, 1.165) is 16.0 Å². The average Bonchev–Trinajstić information content (AvgIpc) is 3.32. The fourth-order valence-electron chi connectivity index (χ4n) is 2.61. The molecule has 6 heteroatoms. The van der Waals surface area contributed by atoms with Crippen LogP contribution in [0.3, 0.4) is 0 Å². The van der Waals surface area contributed by atoms with Crippen LogP contribution in [0.25, 0.3) is 22.2 Å². The Bertz CT molecular complexity index is 1050. The second kappa shape index (κ2) is 6.93. The number of amides is 1. The Hall–Kier alpha value is -3.25. The molecule has 0 aliphatic heterocycles. The van der Waals surface area contributed by atoms with E-state index in [1.165, 1.54) is 11.3 Å². The highest BCUT2D eigenvalue weighted by molar-refractivity contribution is 7.14. The number of rotatable bonds is 4. The van der Waals surface area contributed by atoms with Crippen molar-refractivity contribution >= 4 is 22.9 Å². The molecule has 0 fully saturated rings. The van der Waals surface area contributed by atoms with E-state index in [9.17, 15) is 4.79 Å². The van der Waals surface area contributed by atoms with Crippen LogP contribution in [0, 0.1) is 6.92 Å². The van der Waals surface area contributed by atoms with Crippen LogP contribution in [0.2, 0.25) is 0 Å². The first-order valence-corrected chi connectivity index (χ1v) is 8.94. The third-order valence-electron chi connectivity index (χ3n) is 3.96. The van der Waals surface area contributed by atoms with Crippen molar-refractivity contribution < 1.29 is 9.32 Å². The molecule has 0 bridgehead atoms. The molecule has 26 heavy (non-hydrogen) atoms. The van der Waals surface area contributed by atoms with E-state index >= 15 is 0 Å². The summed E-state index contributed by atoms with van der Waals surface area (Å²) in [5, 5.41) is 8.87. The van der Waals surface area contributed by atoms with Gasteiger partial charge in [-0.25, -0.2) is 0 Å². The molecule has 0 saturated heterocycles. The maximum atomic E-state index is 12.6. The summed E-state index contributed by atoms with van der Waals surface area (Å²) < 4.78 is 5.41. The molecule has 2 aromatic heterocycles. The fraction of sp³-hybridized carbons (Fsp3) is 0.0500. The average molecular weight is 361 g/mol. The Kier molecular flexibility index (Phi) is 4.33. The summed E-state index contributed by atoms with van der Waals surface area (Å²) in [4.78, 5) is 17.8. The van der Waals surface area contributed by atoms with Gasteiger partial charge in [0.15, 0.2) is 0 Å². The Morgan fingerprint density at radius 3 is 2.62 bits per heavy atom. The Balaban J connectivity index is 1.61. The van der Waals surface area contributed by atoms with Gasteiger partial charge in [-0.3, -0.25) is 4.79 Å². The van der Waals surface area contributed by atoms with Gasteiger partial charge in [-0.15, -0.1) is 11.3 Å². The number of anilines is 1. The number of aromatic nitrogens is 2. The molecule has 0 aliphatic carbocycles. The van der Waals surface area contributed by atoms with Crippen molar-refractivity contribution in [1.29, 1.82) is 0 Å². The number of aryl methyl sites for hydroxylation is 1. The van der Waals surface area contributed by atoms with Crippen LogP contribution < -0.4 is 5.32 Å². The second-order valence-electron chi connectivity index (χ2n) is 5.72. The standard InChI is InChI=1S/C20H15N3O2S/c1-13-7-5-6-10-15(13)19(24)21-16-11-12-26-17(16)20-22-18(23-25-20)14-8-3-2-4-9-14/h2-12H,1H3,(H,21,24). The van der Waals surface area contributed by atoms with Gasteiger partial charge in [0.25, 0.3) is 11.8 Å². The van der Waals surface area contributed by atoms with E-state index in [-0.39, 0.29) is 5.91 Å². The van der Waals surface area contributed by atoms with E-state index in [2.05, 4.69) is 15.5 Å². The summed E-state index contributed by atoms with van der Waals surface area (Å²) in [6.07, 6.45) is 0. The first kappa shape index (κ1) is 16.2. The number of nitrogens with zero attached hydrogens (tertiary/aromatic N) is 2. The maximum absolute atomic E-state index is 12.6. The molecule has 0 aliphatic rings. The van der Waals surface area contributed by atoms with Gasteiger partial charge in [-0.2, -0.15) is 4.98 Å². The summed E-state index contributed by atoms with van der Waals surface area (Å²) in [5.41, 5.74) is 3.10. The minimum atomic E-state index is -0.162. The van der Waals surface area contributed by atoms with Crippen molar-refractivity contribution in [2.45, 2.75) is 6.92 Å². The van der Waals surface area contributed by atoms with Crippen LogP contribution in [0.5, 0.6) is 0 Å². The minimum absolute atomic E-state index is 0.162. The molecule has 4 aromatic rings. The van der Waals surface area contributed by atoms with Gasteiger partial charge in [0.1, 0.15) is 4.88 Å². The number of hydrogen-bond acceptors (Lipinski definition) is 5. The SMILES string of the molecule is Cc1ccccc1C(=O)Nc1ccsc1-c1nc(-c2ccccc2)no1. The molecule has 5 nitrogen and oxygen atoms in total. The first-order valence-electron chi connectivity index (χ1n) is 8.06. The minimum Gasteiger partial charge on any atom is -0.333 e. The van der Waals surface area contributed by atoms with E-state index in [0.29, 0.717) is 23.0 Å². The molecule has 0 saturated carbocycles. The molecule has 2 heterocycles. The summed E-state index contributed by atoms with van der Waals surface area (Å²) in [5.74, 6) is 0.745. The van der Waals surface area contributed by atoms with Gasteiger partial charge in [-0.1, -0.05) is 53.7 Å². The predicted octanol–water partition coefficient (Wildman–Crippen LogP) is 5.03. The van der Waals surface area contributed by atoms with Crippen LogP contribution in [0.4, 0.5) is 5.69 Å². The molecule has 4 rings (SSSR count). The zero-order valence-corrected chi connectivity index (χ0v) is 14.8. The van der Waals surface area contributed by atoms with Crippen molar-refractivity contribution in [2.24, 2.45) is 0 Å². The molecular weight excluding hydrogens is 346 g/mol. The normalized spacial score (nSPS) is 10.7. The molecule has 1 amide bonds. The Morgan fingerprint density at radius 2 is 1.81 bits per heavy atom. The quantitative estimate of drug-likeness (QED) is 0.554. The molecule has 0 unspecified atom stereocenters. The maximum Gasteiger partial charge on any atom is 0.270 e. The summed E-state index contributed by atoms with van der Waals surface area (Å²) in [7, 11) is 0. The lowest BCUT2D eigenvalue weighted by Gasteiger charge is -2.07. The molecule has 2 aromatic carbocycles. The molecule has 0 radical (unpaired) electrons. The molecular formula is C20H15N3O2S. The number of thiophene rings is 1. The van der Waals surface area contributed by atoms with Crippen molar-refractivity contribution in [3.63, 3.8) is 0 Å². The van der Waals surface area contributed by atoms with E-state index in [1.807, 2.05) is 66.9 Å². The van der Waals surface area contributed by atoms with Gasteiger partial charge in [0.2, 0.25) is 5.82 Å². The van der Waals surface area contributed by atoms with Gasteiger partial charge in [0, 0.05) is 11.1 Å². The predicted molar refractivity (Wildman–Crippen MR) is 102 cm³/mol. The fourth-order valence-corrected chi connectivity index (χ4v) is 3.38. The third-order valence-corrected chi connectivity index (χ3v) is 4.86. The highest BCUT2D eigenvalue weighted by Crippen LogP contribution is 2.34. The van der Waals surface area contributed by atoms with Gasteiger partial charge in [-0.05, 0) is 30.0 Å². The Morgan fingerprint density at radius 1 is 1.04 bits per heavy atom. The van der Waals surface area contributed by atoms with E-state index in [4.69, 9.17) is 4.52 Å². The Labute approximate surface area is 154 Å². The van der Waals surface area contributed by atoms with Crippen molar-refractivity contribution in [3.8, 4) is 22.2 Å². The molecule has 0 atom stereocenters. The van der Waals surface area contributed by atoms with Crippen LogP contribution in [-0.4, -0.2) is 16.0 Å². The number of carbonyl (C=O) groups excluding carboxylic acids is 1. The highest BCUT2D eigenvalue weighted by Gasteiger charge is 2.18. The molecule has 0 spiro atoms. The van der Waals surface area contributed by atoms with Crippen LogP contribution in [0.1, 0.15) is 15.9 Å². The number of hydrogen-bond donors (Lipinski definition) is 1. The monoisotopic (exact) mass is 361 g/mol. The van der Waals surface area contributed by atoms with Crippen molar-refractivity contribution in [3.05, 3.63) is 77.2 Å². The summed E-state index contributed by atoms with van der Waals surface area (Å²) in [6, 6.07) is 18.9. The molecule has 128 valence electrons. The lowest BCUT2D eigenvalue weighted by Crippen LogP contribution is -2.13. The first-order chi connectivity index (χ1) is 12.7. The zero-order valence-electron chi connectivity index (χ0n) is 14.0. The van der Waals surface area contributed by atoms with Crippen LogP contribution in [-0.2, 0) is 0 Å². The smallest absolute Gasteiger partial charge is 0.270 e. The van der Waals surface area contributed by atoms with Gasteiger partial charge < -0.3 is 9.84 Å². The second-order valence-corrected chi connectivity index (χ2v) is 6.64. The lowest BCUT2D eigenvalue weighted by atomic mass is 10.1. The summed E-state index contributed by atoms with van der Waals surface area (Å²) >= 11 is 1.44. The van der Waals surface area contributed by atoms with E-state index < -0.39 is 0 Å². The van der Waals surface area contributed by atoms with Crippen LogP contribution in [0.15, 0.2) is 70.6 Å². The largest absolute Gasteiger partial charge is 0.333 e. The van der Waals surface area contributed by atoms with Gasteiger partial charge in [0.05, 0.1) is 5.69 Å². The zero-order chi connectivity index (χ0) is 17.9. The molecule has 1 N–H and O–H groups in total. The lowest BCUT2D eigenvalue weighted by molar-refractivity contribution is 0.102. The highest BCUT2D eigenvalue weighted by atomic mass is 32.1. The summed E-state index contributed by atoms with van der Waals surface area (Å²) in [6.45, 7) is 1.91. The topological polar surface area (TPSA) is 68.0 Å². The van der Waals surface area contributed by atoms with E-state index in [1.54, 1.807) is 6.07 Å². The van der Waals surface area contributed by atoms with Crippen molar-refractivity contribution in [2.75, 3.05) is 5.32 Å². The number of carbonyl (C=O) groups is 1. The van der Waals surface area contributed by atoms with Crippen molar-refractivity contribution in [1.82, 2.24) is 10.1 Å².